The smallest absolute Gasteiger partial charge is 0.342 e. The molecule has 7 nitrogen and oxygen atoms in total. The molecule has 1 aromatic carbocycles. The fraction of sp³-hybridized carbons (Fsp3) is 0.520. The third-order valence-corrected chi connectivity index (χ3v) is 5.54. The molecule has 0 bridgehead atoms. The van der Waals surface area contributed by atoms with Crippen molar-refractivity contribution >= 4 is 17.8 Å². The highest BCUT2D eigenvalue weighted by molar-refractivity contribution is 5.97. The molecule has 1 aromatic rings. The van der Waals surface area contributed by atoms with Crippen molar-refractivity contribution in [1.82, 2.24) is 0 Å². The third-order valence-electron chi connectivity index (χ3n) is 5.54. The summed E-state index contributed by atoms with van der Waals surface area (Å²) in [7, 11) is 1.52. The Hall–Kier alpha value is -2.48. The number of carbonyl (C=O) groups excluding carboxylic acids is 2. The highest BCUT2D eigenvalue weighted by Crippen LogP contribution is 2.33. The van der Waals surface area contributed by atoms with Gasteiger partial charge in [-0.15, -0.1) is 0 Å². The summed E-state index contributed by atoms with van der Waals surface area (Å²) in [6.07, 6.45) is 5.79. The Labute approximate surface area is 189 Å². The van der Waals surface area contributed by atoms with E-state index < -0.39 is 30.1 Å². The molecule has 0 unspecified atom stereocenters. The summed E-state index contributed by atoms with van der Waals surface area (Å²) in [5.74, 6) is -1.30. The molecule has 7 heteroatoms. The van der Waals surface area contributed by atoms with E-state index in [1.54, 1.807) is 32.9 Å². The van der Waals surface area contributed by atoms with Gasteiger partial charge in [0.1, 0.15) is 23.5 Å². The van der Waals surface area contributed by atoms with Gasteiger partial charge < -0.3 is 23.7 Å². The van der Waals surface area contributed by atoms with Gasteiger partial charge in [0.05, 0.1) is 6.10 Å². The maximum atomic E-state index is 13.1. The number of hydrogen-bond donors (Lipinski definition) is 0. The maximum Gasteiger partial charge on any atom is 0.342 e. The molecule has 2 aliphatic rings. The topological polar surface area (TPSA) is 80.3 Å². The normalized spacial score (nSPS) is 29.9. The van der Waals surface area contributed by atoms with Crippen molar-refractivity contribution in [2.75, 3.05) is 13.9 Å². The van der Waals surface area contributed by atoms with E-state index in [9.17, 15) is 9.59 Å². The molecule has 3 rings (SSSR count). The summed E-state index contributed by atoms with van der Waals surface area (Å²) >= 11 is 0. The second kappa shape index (κ2) is 9.98. The number of rotatable bonds is 3. The van der Waals surface area contributed by atoms with Gasteiger partial charge in [-0.25, -0.2) is 4.79 Å². The first-order chi connectivity index (χ1) is 15.1. The molecule has 0 spiro atoms. The molecule has 4 atom stereocenters. The Morgan fingerprint density at radius 2 is 1.88 bits per heavy atom. The number of carbonyl (C=O) groups is 2. The molecular weight excluding hydrogens is 412 g/mol. The van der Waals surface area contributed by atoms with Gasteiger partial charge >= 0.3 is 5.97 Å². The maximum absolute atomic E-state index is 13.1. The van der Waals surface area contributed by atoms with Crippen LogP contribution < -0.4 is 4.74 Å². The van der Waals surface area contributed by atoms with Gasteiger partial charge in [0.25, 0.3) is 0 Å². The van der Waals surface area contributed by atoms with Gasteiger partial charge in [0, 0.05) is 13.0 Å². The van der Waals surface area contributed by atoms with Crippen LogP contribution >= 0.6 is 0 Å². The van der Waals surface area contributed by atoms with E-state index >= 15 is 0 Å². The Balaban J connectivity index is 2.05. The van der Waals surface area contributed by atoms with E-state index in [4.69, 9.17) is 23.7 Å². The fourth-order valence-corrected chi connectivity index (χ4v) is 3.78. The van der Waals surface area contributed by atoms with Crippen molar-refractivity contribution in [2.45, 2.75) is 65.1 Å². The second-order valence-electron chi connectivity index (χ2n) is 8.74. The van der Waals surface area contributed by atoms with Gasteiger partial charge in [0.15, 0.2) is 18.4 Å². The minimum atomic E-state index is -0.853. The molecule has 0 radical (unpaired) electrons. The predicted molar refractivity (Wildman–Crippen MR) is 119 cm³/mol. The monoisotopic (exact) mass is 444 g/mol. The molecule has 32 heavy (non-hydrogen) atoms. The summed E-state index contributed by atoms with van der Waals surface area (Å²) in [4.78, 5) is 26.0. The quantitative estimate of drug-likeness (QED) is 0.510. The van der Waals surface area contributed by atoms with E-state index in [0.29, 0.717) is 23.3 Å². The van der Waals surface area contributed by atoms with Gasteiger partial charge in [-0.2, -0.15) is 0 Å². The standard InChI is InChI=1S/C25H32O7/c1-15-12-18-8-7-9-20-23(32-25(4,5)31-20)19(26)11-10-16(2)17(3)30-24(27)22(18)21(13-15)29-14-28-6/h7-8,10-13,16-17,20,23H,9,14H2,1-6H3/b8-7+,11-10-/t16-,17+,20+,23-/m1/s1. The van der Waals surface area contributed by atoms with E-state index in [1.165, 1.54) is 13.2 Å². The third kappa shape index (κ3) is 5.65. The number of aryl methyl sites for hydroxylation is 1. The molecule has 0 N–H and O–H groups in total. The minimum Gasteiger partial charge on any atom is -0.467 e. The van der Waals surface area contributed by atoms with Crippen LogP contribution in [0.1, 0.15) is 55.6 Å². The summed E-state index contributed by atoms with van der Waals surface area (Å²) in [6.45, 7) is 9.20. The first-order valence-corrected chi connectivity index (χ1v) is 10.8. The van der Waals surface area contributed by atoms with Crippen LogP contribution in [0.15, 0.2) is 30.4 Å². The lowest BCUT2D eigenvalue weighted by molar-refractivity contribution is -0.152. The molecule has 0 aliphatic carbocycles. The molecular formula is C25H32O7. The average Bonchev–Trinajstić information content (AvgIpc) is 3.03. The Morgan fingerprint density at radius 3 is 2.59 bits per heavy atom. The van der Waals surface area contributed by atoms with Gasteiger partial charge in [-0.3, -0.25) is 4.79 Å². The van der Waals surface area contributed by atoms with Crippen molar-refractivity contribution in [3.05, 3.63) is 47.1 Å². The lowest BCUT2D eigenvalue weighted by Crippen LogP contribution is -2.30. The van der Waals surface area contributed by atoms with Crippen LogP contribution in [-0.4, -0.2) is 49.8 Å². The number of cyclic esters (lactones) is 1. The van der Waals surface area contributed by atoms with Gasteiger partial charge in [0.2, 0.25) is 0 Å². The number of benzene rings is 1. The number of ketones is 1. The summed E-state index contributed by atoms with van der Waals surface area (Å²) in [6, 6.07) is 3.68. The summed E-state index contributed by atoms with van der Waals surface area (Å²) in [5, 5.41) is 0. The molecule has 174 valence electrons. The fourth-order valence-electron chi connectivity index (χ4n) is 3.78. The molecule has 0 aromatic heterocycles. The molecule has 0 saturated carbocycles. The first kappa shape index (κ1) is 24.2. The second-order valence-corrected chi connectivity index (χ2v) is 8.74. The number of fused-ring (bicyclic) bond motifs is 2. The van der Waals surface area contributed by atoms with Gasteiger partial charge in [-0.05, 0) is 57.4 Å². The van der Waals surface area contributed by atoms with Crippen LogP contribution in [0.25, 0.3) is 6.08 Å². The van der Waals surface area contributed by atoms with Crippen molar-refractivity contribution in [3.8, 4) is 5.75 Å². The van der Waals surface area contributed by atoms with Crippen LogP contribution in [0.5, 0.6) is 5.75 Å². The summed E-state index contributed by atoms with van der Waals surface area (Å²) in [5.41, 5.74) is 1.92. The zero-order chi connectivity index (χ0) is 23.5. The Kier molecular flexibility index (Phi) is 7.54. The first-order valence-electron chi connectivity index (χ1n) is 10.8. The molecule has 1 saturated heterocycles. The highest BCUT2D eigenvalue weighted by Gasteiger charge is 2.43. The van der Waals surface area contributed by atoms with Crippen LogP contribution in [0.3, 0.4) is 0 Å². The lowest BCUT2D eigenvalue weighted by atomic mass is 9.99. The SMILES string of the molecule is COCOc1cc(C)cc2c1C(=O)O[C@@H](C)[C@H](C)/C=C\C(=O)[C@H]1OC(C)(C)O[C@H]1C/C=C/2. The molecule has 0 amide bonds. The van der Waals surface area contributed by atoms with E-state index in [-0.39, 0.29) is 18.5 Å². The Bertz CT molecular complexity index is 915. The highest BCUT2D eigenvalue weighted by atomic mass is 16.8. The zero-order valence-corrected chi connectivity index (χ0v) is 19.5. The van der Waals surface area contributed by atoms with Crippen molar-refractivity contribution in [1.29, 1.82) is 0 Å². The molecule has 1 fully saturated rings. The van der Waals surface area contributed by atoms with Crippen molar-refractivity contribution in [2.24, 2.45) is 5.92 Å². The zero-order valence-electron chi connectivity index (χ0n) is 19.5. The van der Waals surface area contributed by atoms with Crippen LogP contribution in [0.4, 0.5) is 0 Å². The number of methoxy groups -OCH3 is 1. The van der Waals surface area contributed by atoms with Crippen LogP contribution in [0, 0.1) is 12.8 Å². The van der Waals surface area contributed by atoms with Crippen molar-refractivity contribution in [3.63, 3.8) is 0 Å². The lowest BCUT2D eigenvalue weighted by Gasteiger charge is -2.21. The summed E-state index contributed by atoms with van der Waals surface area (Å²) < 4.78 is 28.3. The minimum absolute atomic E-state index is 0.00765. The van der Waals surface area contributed by atoms with Crippen LogP contribution in [-0.2, 0) is 23.7 Å². The van der Waals surface area contributed by atoms with Gasteiger partial charge in [-0.1, -0.05) is 31.2 Å². The largest absolute Gasteiger partial charge is 0.467 e. The molecule has 2 aliphatic heterocycles. The van der Waals surface area contributed by atoms with E-state index in [2.05, 4.69) is 0 Å². The predicted octanol–water partition coefficient (Wildman–Crippen LogP) is 4.22. The number of esters is 1. The Morgan fingerprint density at radius 1 is 1.12 bits per heavy atom. The average molecular weight is 445 g/mol. The molecule has 2 heterocycles. The number of ether oxygens (including phenoxy) is 5. The van der Waals surface area contributed by atoms with E-state index in [0.717, 1.165) is 5.56 Å². The van der Waals surface area contributed by atoms with E-state index in [1.807, 2.05) is 32.1 Å². The van der Waals surface area contributed by atoms with Crippen LogP contribution in [0.2, 0.25) is 0 Å². The van der Waals surface area contributed by atoms with Crippen molar-refractivity contribution < 1.29 is 33.3 Å². The number of hydrogen-bond acceptors (Lipinski definition) is 7.